The van der Waals surface area contributed by atoms with Crippen LogP contribution in [0.15, 0.2) is 29.2 Å². The van der Waals surface area contributed by atoms with E-state index in [1.165, 1.54) is 4.31 Å². The summed E-state index contributed by atoms with van der Waals surface area (Å²) in [6.07, 6.45) is 1.98. The van der Waals surface area contributed by atoms with E-state index in [4.69, 9.17) is 0 Å². The summed E-state index contributed by atoms with van der Waals surface area (Å²) in [5, 5.41) is 0. The maximum Gasteiger partial charge on any atom is 0.262 e. The van der Waals surface area contributed by atoms with E-state index in [-0.39, 0.29) is 5.75 Å². The Hall–Kier alpha value is -2.06. The highest BCUT2D eigenvalue weighted by Gasteiger charge is 2.28. The number of aryl methyl sites for hydroxylation is 3. The van der Waals surface area contributed by atoms with E-state index in [2.05, 4.69) is 4.72 Å². The van der Waals surface area contributed by atoms with Gasteiger partial charge in [-0.25, -0.2) is 16.8 Å². The summed E-state index contributed by atoms with van der Waals surface area (Å²) in [5.41, 5.74) is 5.27. The highest BCUT2D eigenvalue weighted by molar-refractivity contribution is 7.93. The third-order valence-electron chi connectivity index (χ3n) is 5.77. The Morgan fingerprint density at radius 1 is 0.967 bits per heavy atom. The summed E-state index contributed by atoms with van der Waals surface area (Å²) in [6.45, 7) is 9.76. The van der Waals surface area contributed by atoms with Gasteiger partial charge in [0.2, 0.25) is 10.0 Å². The van der Waals surface area contributed by atoms with E-state index < -0.39 is 20.0 Å². The van der Waals surface area contributed by atoms with Crippen LogP contribution >= 0.6 is 0 Å². The normalized spacial score (nSPS) is 14.5. The van der Waals surface area contributed by atoms with E-state index in [0.29, 0.717) is 42.1 Å². The Kier molecular flexibility index (Phi) is 6.20. The first-order chi connectivity index (χ1) is 14.0. The van der Waals surface area contributed by atoms with Crippen LogP contribution in [-0.4, -0.2) is 29.1 Å². The minimum atomic E-state index is -3.78. The number of hydrogen-bond acceptors (Lipinski definition) is 4. The molecule has 0 bridgehead atoms. The number of rotatable bonds is 6. The molecule has 164 valence electrons. The van der Waals surface area contributed by atoms with Crippen LogP contribution in [0.5, 0.6) is 0 Å². The van der Waals surface area contributed by atoms with Crippen molar-refractivity contribution >= 4 is 31.4 Å². The van der Waals surface area contributed by atoms with Gasteiger partial charge in [0, 0.05) is 12.2 Å². The number of anilines is 2. The maximum absolute atomic E-state index is 13.2. The van der Waals surface area contributed by atoms with Crippen LogP contribution in [-0.2, 0) is 26.5 Å². The Morgan fingerprint density at radius 3 is 2.20 bits per heavy atom. The van der Waals surface area contributed by atoms with Crippen molar-refractivity contribution in [2.75, 3.05) is 21.3 Å². The van der Waals surface area contributed by atoms with Gasteiger partial charge in [-0.1, -0.05) is 13.0 Å². The third kappa shape index (κ3) is 4.21. The molecule has 0 saturated carbocycles. The molecule has 30 heavy (non-hydrogen) atoms. The molecule has 8 heteroatoms. The fourth-order valence-electron chi connectivity index (χ4n) is 4.07. The summed E-state index contributed by atoms with van der Waals surface area (Å²) in [7, 11) is -7.14. The summed E-state index contributed by atoms with van der Waals surface area (Å²) in [5.74, 6) is 0.103. The largest absolute Gasteiger partial charge is 0.280 e. The zero-order chi connectivity index (χ0) is 22.3. The van der Waals surface area contributed by atoms with E-state index >= 15 is 0 Å². The second-order valence-electron chi connectivity index (χ2n) is 8.03. The molecule has 0 aliphatic carbocycles. The van der Waals surface area contributed by atoms with Crippen molar-refractivity contribution < 1.29 is 16.8 Å². The second-order valence-corrected chi connectivity index (χ2v) is 11.7. The Morgan fingerprint density at radius 2 is 1.60 bits per heavy atom. The van der Waals surface area contributed by atoms with Gasteiger partial charge in [0.15, 0.2) is 0 Å². The van der Waals surface area contributed by atoms with Gasteiger partial charge in [-0.15, -0.1) is 0 Å². The molecule has 1 heterocycles. The van der Waals surface area contributed by atoms with Crippen LogP contribution in [0.2, 0.25) is 0 Å². The lowest BCUT2D eigenvalue weighted by Gasteiger charge is -2.30. The van der Waals surface area contributed by atoms with Crippen LogP contribution in [0, 0.1) is 27.7 Å². The monoisotopic (exact) mass is 450 g/mol. The molecule has 0 spiro atoms. The molecule has 0 aromatic heterocycles. The quantitative estimate of drug-likeness (QED) is 0.714. The van der Waals surface area contributed by atoms with E-state index in [9.17, 15) is 16.8 Å². The molecule has 1 aliphatic heterocycles. The predicted molar refractivity (Wildman–Crippen MR) is 122 cm³/mol. The van der Waals surface area contributed by atoms with Crippen molar-refractivity contribution in [3.8, 4) is 0 Å². The van der Waals surface area contributed by atoms with Gasteiger partial charge in [0.05, 0.1) is 16.3 Å². The zero-order valence-corrected chi connectivity index (χ0v) is 19.9. The number of nitrogens with zero attached hydrogens (tertiary/aromatic N) is 1. The van der Waals surface area contributed by atoms with E-state index in [1.54, 1.807) is 18.2 Å². The highest BCUT2D eigenvalue weighted by atomic mass is 32.2. The lowest BCUT2D eigenvalue weighted by Crippen LogP contribution is -2.37. The first kappa shape index (κ1) is 22.6. The molecule has 1 aliphatic rings. The minimum Gasteiger partial charge on any atom is -0.280 e. The minimum absolute atomic E-state index is 0.103. The van der Waals surface area contributed by atoms with Crippen molar-refractivity contribution in [2.24, 2.45) is 0 Å². The first-order valence-corrected chi connectivity index (χ1v) is 13.3. The van der Waals surface area contributed by atoms with Crippen LogP contribution in [0.4, 0.5) is 11.4 Å². The third-order valence-corrected chi connectivity index (χ3v) is 9.40. The van der Waals surface area contributed by atoms with Crippen molar-refractivity contribution in [3.05, 3.63) is 52.1 Å². The van der Waals surface area contributed by atoms with Crippen molar-refractivity contribution in [2.45, 2.75) is 58.8 Å². The van der Waals surface area contributed by atoms with Crippen LogP contribution in [0.25, 0.3) is 0 Å². The van der Waals surface area contributed by atoms with E-state index in [0.717, 1.165) is 27.8 Å². The Bertz CT molecular complexity index is 1160. The average Bonchev–Trinajstić information content (AvgIpc) is 2.65. The number of benzene rings is 2. The Balaban J connectivity index is 1.99. The number of nitrogens with one attached hydrogen (secondary N) is 1. The lowest BCUT2D eigenvalue weighted by molar-refractivity contribution is 0.585. The molecule has 2 aromatic rings. The van der Waals surface area contributed by atoms with Crippen molar-refractivity contribution in [1.29, 1.82) is 0 Å². The molecule has 1 N–H and O–H groups in total. The lowest BCUT2D eigenvalue weighted by atomic mass is 10.0. The number of hydrogen-bond donors (Lipinski definition) is 1. The summed E-state index contributed by atoms with van der Waals surface area (Å²) >= 11 is 0. The van der Waals surface area contributed by atoms with Crippen LogP contribution < -0.4 is 9.03 Å². The SMILES string of the molecule is CCCS(=O)(=O)N1CCCc2cc(NS(=O)(=O)c3c(C)c(C)cc(C)c3C)ccc21. The van der Waals surface area contributed by atoms with Gasteiger partial charge in [0.1, 0.15) is 0 Å². The van der Waals surface area contributed by atoms with Gasteiger partial charge in [-0.3, -0.25) is 9.03 Å². The van der Waals surface area contributed by atoms with E-state index in [1.807, 2.05) is 40.7 Å². The summed E-state index contributed by atoms with van der Waals surface area (Å²) < 4.78 is 55.8. The van der Waals surface area contributed by atoms with Crippen molar-refractivity contribution in [1.82, 2.24) is 0 Å². The highest BCUT2D eigenvalue weighted by Crippen LogP contribution is 2.33. The molecule has 3 rings (SSSR count). The Labute approximate surface area is 180 Å². The topological polar surface area (TPSA) is 83.6 Å². The smallest absolute Gasteiger partial charge is 0.262 e. The maximum atomic E-state index is 13.2. The molecule has 2 aromatic carbocycles. The molecule has 6 nitrogen and oxygen atoms in total. The molecule has 0 amide bonds. The fraction of sp³-hybridized carbons (Fsp3) is 0.455. The average molecular weight is 451 g/mol. The van der Waals surface area contributed by atoms with Gasteiger partial charge in [-0.05, 0) is 93.0 Å². The van der Waals surface area contributed by atoms with Crippen molar-refractivity contribution in [3.63, 3.8) is 0 Å². The molecular formula is C22H30N2O4S2. The standard InChI is InChI=1S/C22H30N2O4S2/c1-6-12-29(25,26)24-11-7-8-19-14-20(9-10-21(19)24)23-30(27,28)22-17(4)15(2)13-16(3)18(22)5/h9-10,13-14,23H,6-8,11-12H2,1-5H3. The molecule has 0 unspecified atom stereocenters. The molecular weight excluding hydrogens is 420 g/mol. The predicted octanol–water partition coefficient (Wildman–Crippen LogP) is 4.21. The fourth-order valence-corrected chi connectivity index (χ4v) is 7.36. The van der Waals surface area contributed by atoms with Crippen LogP contribution in [0.1, 0.15) is 47.6 Å². The van der Waals surface area contributed by atoms with Gasteiger partial charge in [-0.2, -0.15) is 0 Å². The number of fused-ring (bicyclic) bond motifs is 1. The van der Waals surface area contributed by atoms with Crippen LogP contribution in [0.3, 0.4) is 0 Å². The molecule has 0 fully saturated rings. The molecule has 0 atom stereocenters. The van der Waals surface area contributed by atoms with Gasteiger partial charge < -0.3 is 0 Å². The second kappa shape index (κ2) is 8.23. The molecule has 0 saturated heterocycles. The van der Waals surface area contributed by atoms with Gasteiger partial charge >= 0.3 is 0 Å². The van der Waals surface area contributed by atoms with Gasteiger partial charge in [0.25, 0.3) is 10.0 Å². The number of sulfonamides is 2. The summed E-state index contributed by atoms with van der Waals surface area (Å²) in [6, 6.07) is 7.10. The zero-order valence-electron chi connectivity index (χ0n) is 18.2. The molecule has 0 radical (unpaired) electrons. The summed E-state index contributed by atoms with van der Waals surface area (Å²) in [4.78, 5) is 0.310. The first-order valence-electron chi connectivity index (χ1n) is 10.2.